The lowest BCUT2D eigenvalue weighted by Crippen LogP contribution is -2.22. The summed E-state index contributed by atoms with van der Waals surface area (Å²) in [6, 6.07) is 15.5. The summed E-state index contributed by atoms with van der Waals surface area (Å²) in [5.74, 6) is 0.719. The first-order chi connectivity index (χ1) is 14.5. The maximum absolute atomic E-state index is 12.6. The molecule has 2 aromatic carbocycles. The molecular weight excluding hydrogens is 374 g/mol. The van der Waals surface area contributed by atoms with E-state index < -0.39 is 0 Å². The molecule has 5 heteroatoms. The number of phenols is 1. The number of aromatic nitrogens is 2. The van der Waals surface area contributed by atoms with Gasteiger partial charge in [0.1, 0.15) is 5.75 Å². The minimum absolute atomic E-state index is 0.0278. The third-order valence-corrected chi connectivity index (χ3v) is 5.76. The van der Waals surface area contributed by atoms with Crippen LogP contribution in [0.5, 0.6) is 5.75 Å². The van der Waals surface area contributed by atoms with Gasteiger partial charge >= 0.3 is 0 Å². The van der Waals surface area contributed by atoms with Crippen LogP contribution in [0, 0.1) is 5.92 Å². The molecule has 3 aromatic rings. The fraction of sp³-hybridized carbons (Fsp3) is 0.320. The van der Waals surface area contributed by atoms with E-state index in [2.05, 4.69) is 17.4 Å². The minimum atomic E-state index is -0.0844. The second-order valence-corrected chi connectivity index (χ2v) is 7.97. The second-order valence-electron chi connectivity index (χ2n) is 7.97. The fourth-order valence-electron chi connectivity index (χ4n) is 3.80. The van der Waals surface area contributed by atoms with Crippen molar-refractivity contribution in [2.24, 2.45) is 5.92 Å². The Kier molecular flexibility index (Phi) is 5.79. The minimum Gasteiger partial charge on any atom is -0.508 e. The van der Waals surface area contributed by atoms with E-state index in [0.717, 1.165) is 59.5 Å². The maximum Gasteiger partial charge on any atom is 0.228 e. The Hall–Kier alpha value is -3.21. The largest absolute Gasteiger partial charge is 0.508 e. The van der Waals surface area contributed by atoms with E-state index in [9.17, 15) is 9.90 Å². The highest BCUT2D eigenvalue weighted by atomic mass is 16.3. The van der Waals surface area contributed by atoms with E-state index >= 15 is 0 Å². The van der Waals surface area contributed by atoms with Crippen LogP contribution in [0.3, 0.4) is 0 Å². The number of aromatic hydroxyl groups is 1. The highest BCUT2D eigenvalue weighted by molar-refractivity contribution is 5.92. The normalized spacial score (nSPS) is 13.7. The van der Waals surface area contributed by atoms with Gasteiger partial charge in [0.05, 0.1) is 17.1 Å². The van der Waals surface area contributed by atoms with Crippen LogP contribution >= 0.6 is 0 Å². The van der Waals surface area contributed by atoms with E-state index in [1.165, 1.54) is 0 Å². The first kappa shape index (κ1) is 20.1. The fourth-order valence-corrected chi connectivity index (χ4v) is 3.80. The van der Waals surface area contributed by atoms with E-state index in [4.69, 9.17) is 9.97 Å². The van der Waals surface area contributed by atoms with E-state index in [1.54, 1.807) is 6.07 Å². The Morgan fingerprint density at radius 3 is 2.70 bits per heavy atom. The molecule has 0 saturated carbocycles. The third-order valence-electron chi connectivity index (χ3n) is 5.76. The predicted octanol–water partition coefficient (Wildman–Crippen LogP) is 4.91. The molecule has 1 heterocycles. The topological polar surface area (TPSA) is 75.1 Å². The van der Waals surface area contributed by atoms with Crippen LogP contribution in [0.1, 0.15) is 49.2 Å². The molecule has 1 amide bonds. The number of anilines is 1. The van der Waals surface area contributed by atoms with Gasteiger partial charge in [-0.3, -0.25) is 4.79 Å². The summed E-state index contributed by atoms with van der Waals surface area (Å²) in [6.45, 7) is 3.93. The Labute approximate surface area is 177 Å². The molecule has 0 radical (unpaired) electrons. The van der Waals surface area contributed by atoms with Crippen molar-refractivity contribution in [2.45, 2.75) is 46.0 Å². The standard InChI is InChI=1S/C25H27N3O2/c1-3-16(2)25(30)28-24-22(14-17-8-5-4-6-9-17)26-23-20-13-12-19(29)15-18(20)10-7-11-21(23)27-24/h4-6,8-9,12-13,15-16,29H,3,7,10-11,14H2,1-2H3,(H,27,28,30). The van der Waals surface area contributed by atoms with Gasteiger partial charge in [-0.1, -0.05) is 44.2 Å². The van der Waals surface area contributed by atoms with Crippen LogP contribution in [-0.2, 0) is 24.1 Å². The molecule has 1 unspecified atom stereocenters. The number of hydrogen-bond acceptors (Lipinski definition) is 4. The van der Waals surface area contributed by atoms with Crippen molar-refractivity contribution in [3.63, 3.8) is 0 Å². The molecule has 0 saturated heterocycles. The molecule has 0 bridgehead atoms. The number of carbonyl (C=O) groups is 1. The highest BCUT2D eigenvalue weighted by Crippen LogP contribution is 2.34. The van der Waals surface area contributed by atoms with Crippen LogP contribution in [0.25, 0.3) is 11.3 Å². The zero-order valence-corrected chi connectivity index (χ0v) is 17.5. The van der Waals surface area contributed by atoms with Gasteiger partial charge in [-0.15, -0.1) is 0 Å². The van der Waals surface area contributed by atoms with Crippen molar-refractivity contribution in [1.82, 2.24) is 9.97 Å². The number of rotatable bonds is 5. The van der Waals surface area contributed by atoms with Gasteiger partial charge in [-0.2, -0.15) is 0 Å². The summed E-state index contributed by atoms with van der Waals surface area (Å²) in [7, 11) is 0. The molecule has 30 heavy (non-hydrogen) atoms. The average Bonchev–Trinajstić information content (AvgIpc) is 2.92. The molecular formula is C25H27N3O2. The maximum atomic E-state index is 12.6. The van der Waals surface area contributed by atoms with Gasteiger partial charge in [0, 0.05) is 17.9 Å². The summed E-state index contributed by atoms with van der Waals surface area (Å²) in [5, 5.41) is 12.9. The monoisotopic (exact) mass is 401 g/mol. The average molecular weight is 402 g/mol. The molecule has 0 aliphatic heterocycles. The van der Waals surface area contributed by atoms with Crippen molar-refractivity contribution in [1.29, 1.82) is 0 Å². The molecule has 1 aromatic heterocycles. The number of phenolic OH excluding ortho intramolecular Hbond substituents is 1. The number of benzene rings is 2. The summed E-state index contributed by atoms with van der Waals surface area (Å²) < 4.78 is 0. The number of fused-ring (bicyclic) bond motifs is 3. The first-order valence-corrected chi connectivity index (χ1v) is 10.6. The summed E-state index contributed by atoms with van der Waals surface area (Å²) in [6.07, 6.45) is 3.94. The van der Waals surface area contributed by atoms with Crippen molar-refractivity contribution in [3.8, 4) is 17.0 Å². The lowest BCUT2D eigenvalue weighted by Gasteiger charge is -2.16. The molecule has 1 aliphatic rings. The molecule has 2 N–H and O–H groups in total. The van der Waals surface area contributed by atoms with Crippen LogP contribution in [-0.4, -0.2) is 21.0 Å². The Balaban J connectivity index is 1.81. The summed E-state index contributed by atoms with van der Waals surface area (Å²) in [5.41, 5.74) is 5.74. The Morgan fingerprint density at radius 2 is 1.93 bits per heavy atom. The number of amides is 1. The zero-order valence-electron chi connectivity index (χ0n) is 17.5. The summed E-state index contributed by atoms with van der Waals surface area (Å²) in [4.78, 5) is 22.5. The van der Waals surface area contributed by atoms with Crippen LogP contribution in [0.4, 0.5) is 5.82 Å². The van der Waals surface area contributed by atoms with Crippen LogP contribution < -0.4 is 5.32 Å². The third kappa shape index (κ3) is 4.20. The molecule has 5 nitrogen and oxygen atoms in total. The first-order valence-electron chi connectivity index (χ1n) is 10.6. The van der Waals surface area contributed by atoms with Crippen LogP contribution in [0.2, 0.25) is 0 Å². The Bertz CT molecular complexity index is 1060. The van der Waals surface area contributed by atoms with Crippen molar-refractivity contribution in [2.75, 3.05) is 5.32 Å². The van der Waals surface area contributed by atoms with Gasteiger partial charge < -0.3 is 10.4 Å². The smallest absolute Gasteiger partial charge is 0.228 e. The molecule has 4 rings (SSSR count). The summed E-state index contributed by atoms with van der Waals surface area (Å²) >= 11 is 0. The lowest BCUT2D eigenvalue weighted by molar-refractivity contribution is -0.119. The second kappa shape index (κ2) is 8.66. The predicted molar refractivity (Wildman–Crippen MR) is 118 cm³/mol. The van der Waals surface area contributed by atoms with E-state index in [0.29, 0.717) is 12.2 Å². The number of nitrogens with zero attached hydrogens (tertiary/aromatic N) is 2. The van der Waals surface area contributed by atoms with E-state index in [-0.39, 0.29) is 17.6 Å². The van der Waals surface area contributed by atoms with Crippen molar-refractivity contribution >= 4 is 11.7 Å². The number of hydrogen-bond donors (Lipinski definition) is 2. The van der Waals surface area contributed by atoms with E-state index in [1.807, 2.05) is 44.2 Å². The SMILES string of the molecule is CCC(C)C(=O)Nc1nc2c(nc1Cc1ccccc1)-c1ccc(O)cc1CCC2. The number of aryl methyl sites for hydroxylation is 2. The quantitative estimate of drug-likeness (QED) is 0.637. The van der Waals surface area contributed by atoms with Gasteiger partial charge in [0.25, 0.3) is 0 Å². The molecule has 0 spiro atoms. The van der Waals surface area contributed by atoms with Crippen molar-refractivity contribution in [3.05, 3.63) is 71.0 Å². The Morgan fingerprint density at radius 1 is 1.13 bits per heavy atom. The molecule has 1 aliphatic carbocycles. The molecule has 0 fully saturated rings. The molecule has 154 valence electrons. The van der Waals surface area contributed by atoms with Crippen LogP contribution in [0.15, 0.2) is 48.5 Å². The lowest BCUT2D eigenvalue weighted by atomic mass is 10.0. The van der Waals surface area contributed by atoms with Crippen molar-refractivity contribution < 1.29 is 9.90 Å². The highest BCUT2D eigenvalue weighted by Gasteiger charge is 2.22. The van der Waals surface area contributed by atoms with Gasteiger partial charge in [0.2, 0.25) is 5.91 Å². The zero-order chi connectivity index (χ0) is 21.1. The number of nitrogens with one attached hydrogen (secondary N) is 1. The molecule has 1 atom stereocenters. The number of carbonyl (C=O) groups excluding carboxylic acids is 1. The van der Waals surface area contributed by atoms with Gasteiger partial charge in [0.15, 0.2) is 5.82 Å². The van der Waals surface area contributed by atoms with Gasteiger partial charge in [-0.05, 0) is 55.0 Å². The van der Waals surface area contributed by atoms with Gasteiger partial charge in [-0.25, -0.2) is 9.97 Å².